The van der Waals surface area contributed by atoms with E-state index in [2.05, 4.69) is 0 Å². The van der Waals surface area contributed by atoms with E-state index in [-0.39, 0.29) is 14.0 Å². The molecule has 0 unspecified atom stereocenters. The maximum absolute atomic E-state index is 10.2. The van der Waals surface area contributed by atoms with Crippen molar-refractivity contribution >= 4 is 10.1 Å². The fourth-order valence-corrected chi connectivity index (χ4v) is 1.25. The molecule has 0 spiro atoms. The molecular weight excluding hydrogens is 216 g/mol. The Balaban J connectivity index is 0.00000196. The number of ether oxygens (including phenoxy) is 1. The molecule has 0 atom stereocenters. The zero-order chi connectivity index (χ0) is 10.4. The third-order valence-corrected chi connectivity index (χ3v) is 2.26. The van der Waals surface area contributed by atoms with E-state index in [9.17, 15) is 13.0 Å². The zero-order valence-corrected chi connectivity index (χ0v) is 8.37. The molecule has 1 aromatic rings. The van der Waals surface area contributed by atoms with E-state index >= 15 is 0 Å². The van der Waals surface area contributed by atoms with E-state index in [1.807, 2.05) is 30.3 Å². The molecule has 1 rings (SSSR count). The van der Waals surface area contributed by atoms with Crippen molar-refractivity contribution in [3.8, 4) is 0 Å². The maximum Gasteiger partial charge on any atom is 0.0968 e. The topological polar surface area (TPSA) is 66.4 Å². The van der Waals surface area contributed by atoms with Gasteiger partial charge < -0.3 is 9.29 Å². The summed E-state index contributed by atoms with van der Waals surface area (Å²) in [6.07, 6.45) is 0. The lowest BCUT2D eigenvalue weighted by atomic mass is 10.2. The Labute approximate surface area is 90.6 Å². The smallest absolute Gasteiger partial charge is 0.0968 e. The lowest BCUT2D eigenvalue weighted by Gasteiger charge is -2.07. The molecule has 0 saturated heterocycles. The Morgan fingerprint density at radius 1 is 1.20 bits per heavy atom. The molecule has 0 N–H and O–H groups in total. The molecule has 0 aliphatic heterocycles. The summed E-state index contributed by atoms with van der Waals surface area (Å²) < 4.78 is 35.6. The average Bonchev–Trinajstić information content (AvgIpc) is 2.13. The van der Waals surface area contributed by atoms with Crippen LogP contribution in [0.2, 0.25) is 0 Å². The molecule has 1 aromatic carbocycles. The number of hydrogen-bond acceptors (Lipinski definition) is 4. The molecular formula is C10H15O4S-. The van der Waals surface area contributed by atoms with E-state index in [0.29, 0.717) is 6.61 Å². The highest BCUT2D eigenvalue weighted by atomic mass is 32.2. The molecule has 4 nitrogen and oxygen atoms in total. The summed E-state index contributed by atoms with van der Waals surface area (Å²) in [6.45, 7) is 0.275. The summed E-state index contributed by atoms with van der Waals surface area (Å²) in [5.41, 5.74) is 0.954. The summed E-state index contributed by atoms with van der Waals surface area (Å²) in [4.78, 5) is 0. The van der Waals surface area contributed by atoms with Gasteiger partial charge in [0.2, 0.25) is 0 Å². The second kappa shape index (κ2) is 6.55. The minimum absolute atomic E-state index is 0. The third kappa shape index (κ3) is 7.07. The molecule has 0 aliphatic carbocycles. The van der Waals surface area contributed by atoms with Crippen molar-refractivity contribution in [2.24, 2.45) is 0 Å². The van der Waals surface area contributed by atoms with Crippen molar-refractivity contribution in [1.82, 2.24) is 0 Å². The monoisotopic (exact) mass is 231 g/mol. The van der Waals surface area contributed by atoms with Gasteiger partial charge in [-0.1, -0.05) is 37.8 Å². The van der Waals surface area contributed by atoms with Gasteiger partial charge in [-0.25, -0.2) is 8.42 Å². The zero-order valence-electron chi connectivity index (χ0n) is 7.55. The molecule has 0 fully saturated rings. The van der Waals surface area contributed by atoms with Crippen LogP contribution in [0, 0.1) is 0 Å². The summed E-state index contributed by atoms with van der Waals surface area (Å²) in [5.74, 6) is -0.472. The minimum atomic E-state index is -4.15. The van der Waals surface area contributed by atoms with Crippen LogP contribution in [0.25, 0.3) is 0 Å². The molecule has 0 heterocycles. The fraction of sp³-hybridized carbons (Fsp3) is 0.400. The van der Waals surface area contributed by atoms with Crippen LogP contribution in [0.3, 0.4) is 0 Å². The lowest BCUT2D eigenvalue weighted by molar-refractivity contribution is 0.134. The van der Waals surface area contributed by atoms with Crippen LogP contribution in [-0.4, -0.2) is 25.3 Å². The van der Waals surface area contributed by atoms with Crippen LogP contribution < -0.4 is 0 Å². The highest BCUT2D eigenvalue weighted by Crippen LogP contribution is 2.00. The van der Waals surface area contributed by atoms with Gasteiger partial charge in [-0.15, -0.1) is 0 Å². The second-order valence-corrected chi connectivity index (χ2v) is 4.32. The lowest BCUT2D eigenvalue weighted by Crippen LogP contribution is -2.10. The Morgan fingerprint density at radius 3 is 2.33 bits per heavy atom. The van der Waals surface area contributed by atoms with Crippen LogP contribution in [0.1, 0.15) is 13.0 Å². The molecule has 0 radical (unpaired) electrons. The third-order valence-electron chi connectivity index (χ3n) is 1.59. The summed E-state index contributed by atoms with van der Waals surface area (Å²) in [7, 11) is -4.15. The molecule has 0 saturated carbocycles. The quantitative estimate of drug-likeness (QED) is 0.567. The summed E-state index contributed by atoms with van der Waals surface area (Å²) in [6, 6.07) is 9.34. The van der Waals surface area contributed by atoms with Crippen LogP contribution in [0.4, 0.5) is 0 Å². The van der Waals surface area contributed by atoms with Gasteiger partial charge in [0.05, 0.1) is 29.1 Å². The van der Waals surface area contributed by atoms with Gasteiger partial charge in [0.25, 0.3) is 0 Å². The van der Waals surface area contributed by atoms with Crippen molar-refractivity contribution in [1.29, 1.82) is 0 Å². The molecule has 15 heavy (non-hydrogen) atoms. The van der Waals surface area contributed by atoms with Gasteiger partial charge in [0.1, 0.15) is 0 Å². The first-order valence-corrected chi connectivity index (χ1v) is 5.71. The Hall–Kier alpha value is -0.910. The van der Waals surface area contributed by atoms with Gasteiger partial charge >= 0.3 is 0 Å². The molecule has 0 bridgehead atoms. The first-order valence-electron chi connectivity index (χ1n) is 4.13. The molecule has 86 valence electrons. The molecule has 0 aromatic heterocycles. The van der Waals surface area contributed by atoms with Gasteiger partial charge in [0, 0.05) is 0 Å². The van der Waals surface area contributed by atoms with E-state index in [0.717, 1.165) is 5.56 Å². The van der Waals surface area contributed by atoms with Crippen molar-refractivity contribution in [2.45, 2.75) is 14.0 Å². The molecule has 0 aliphatic rings. The van der Waals surface area contributed by atoms with E-state index in [1.165, 1.54) is 0 Å². The van der Waals surface area contributed by atoms with E-state index in [4.69, 9.17) is 4.74 Å². The predicted molar refractivity (Wildman–Crippen MR) is 57.4 cm³/mol. The van der Waals surface area contributed by atoms with Gasteiger partial charge in [0.15, 0.2) is 0 Å². The first-order chi connectivity index (χ1) is 6.58. The Bertz CT molecular complexity index is 358. The number of hydrogen-bond donors (Lipinski definition) is 0. The van der Waals surface area contributed by atoms with Crippen LogP contribution in [-0.2, 0) is 21.5 Å². The van der Waals surface area contributed by atoms with Crippen LogP contribution in [0.15, 0.2) is 30.3 Å². The standard InChI is InChI=1S/C9H12O4S.CH4/c10-14(11,12)7-6-13-8-9-4-2-1-3-5-9;/h1-5H,6-8H2,(H,10,11,12);1H4/p-1. The van der Waals surface area contributed by atoms with Crippen molar-refractivity contribution in [2.75, 3.05) is 12.4 Å². The molecule has 5 heteroatoms. The SMILES string of the molecule is C.O=S(=O)([O-])CCOCc1ccccc1. The highest BCUT2D eigenvalue weighted by Gasteiger charge is 1.95. The van der Waals surface area contributed by atoms with Crippen molar-refractivity contribution in [3.05, 3.63) is 35.9 Å². The number of benzene rings is 1. The fourth-order valence-electron chi connectivity index (χ4n) is 0.925. The minimum Gasteiger partial charge on any atom is -0.748 e. The molecule has 0 amide bonds. The maximum atomic E-state index is 10.2. The van der Waals surface area contributed by atoms with Crippen molar-refractivity contribution < 1.29 is 17.7 Å². The average molecular weight is 231 g/mol. The van der Waals surface area contributed by atoms with Gasteiger partial charge in [-0.05, 0) is 5.56 Å². The summed E-state index contributed by atoms with van der Waals surface area (Å²) >= 11 is 0. The van der Waals surface area contributed by atoms with Gasteiger partial charge in [-0.3, -0.25) is 0 Å². The Kier molecular flexibility index (Phi) is 6.15. The van der Waals surface area contributed by atoms with E-state index < -0.39 is 15.9 Å². The van der Waals surface area contributed by atoms with E-state index in [1.54, 1.807) is 0 Å². The van der Waals surface area contributed by atoms with Crippen LogP contribution in [0.5, 0.6) is 0 Å². The first kappa shape index (κ1) is 14.1. The normalized spacial score (nSPS) is 10.7. The summed E-state index contributed by atoms with van der Waals surface area (Å²) in [5, 5.41) is 0. The second-order valence-electron chi connectivity index (χ2n) is 2.80. The van der Waals surface area contributed by atoms with Crippen molar-refractivity contribution in [3.63, 3.8) is 0 Å². The Morgan fingerprint density at radius 2 is 1.80 bits per heavy atom. The highest BCUT2D eigenvalue weighted by molar-refractivity contribution is 7.85. The van der Waals surface area contributed by atoms with Crippen LogP contribution >= 0.6 is 0 Å². The predicted octanol–water partition coefficient (Wildman–Crippen LogP) is 1.38. The number of rotatable bonds is 5. The largest absolute Gasteiger partial charge is 0.748 e. The van der Waals surface area contributed by atoms with Gasteiger partial charge in [-0.2, -0.15) is 0 Å².